The van der Waals surface area contributed by atoms with Gasteiger partial charge in [-0.15, -0.1) is 0 Å². The molecule has 3 rings (SSSR count). The lowest BCUT2D eigenvalue weighted by Gasteiger charge is -2.29. The molecule has 0 spiro atoms. The smallest absolute Gasteiger partial charge is 0.344 e. The summed E-state index contributed by atoms with van der Waals surface area (Å²) < 4.78 is 10.8. The van der Waals surface area contributed by atoms with Gasteiger partial charge in [-0.25, -0.2) is 4.79 Å². The quantitative estimate of drug-likeness (QED) is 0.404. The summed E-state index contributed by atoms with van der Waals surface area (Å²) in [4.78, 5) is 38.3. The van der Waals surface area contributed by atoms with E-state index >= 15 is 0 Å². The SMILES string of the molecule is COc1cccc(/C=C2\C(=O)NC(=S)N(c3cccc(C)c3)C2=O)c1O[C@H](C)C(=O)O. The number of carboxylic acids is 1. The lowest BCUT2D eigenvalue weighted by atomic mass is 10.1. The predicted octanol–water partition coefficient (Wildman–Crippen LogP) is 2.69. The third kappa shape index (κ3) is 4.56. The standard InChI is InChI=1S/C22H20N2O6S/c1-12-6-4-8-15(10-12)24-20(26)16(19(25)23-22(24)31)11-14-7-5-9-17(29-3)18(14)30-13(2)21(27)28/h4-11,13H,1-3H3,(H,27,28)(H,23,25,31)/b16-11+/t13-/m1/s1. The molecule has 2 amide bonds. The second-order valence-corrected chi connectivity index (χ2v) is 7.16. The summed E-state index contributed by atoms with van der Waals surface area (Å²) in [6.45, 7) is 3.24. The number of thiocarbonyl (C=S) groups is 1. The number of carbonyl (C=O) groups is 3. The Balaban J connectivity index is 2.08. The third-order valence-corrected chi connectivity index (χ3v) is 4.82. The van der Waals surface area contributed by atoms with Crippen LogP contribution in [0.5, 0.6) is 11.5 Å². The normalized spacial score (nSPS) is 16.2. The molecule has 0 aromatic heterocycles. The number of hydrogen-bond donors (Lipinski definition) is 2. The van der Waals surface area contributed by atoms with Crippen LogP contribution in [0, 0.1) is 6.92 Å². The first kappa shape index (κ1) is 22.0. The summed E-state index contributed by atoms with van der Waals surface area (Å²) in [6, 6.07) is 11.9. The van der Waals surface area contributed by atoms with E-state index in [-0.39, 0.29) is 22.2 Å². The average Bonchev–Trinajstić information content (AvgIpc) is 2.71. The Bertz CT molecular complexity index is 1110. The predicted molar refractivity (Wildman–Crippen MR) is 118 cm³/mol. The van der Waals surface area contributed by atoms with Gasteiger partial charge in [-0.3, -0.25) is 19.8 Å². The summed E-state index contributed by atoms with van der Waals surface area (Å²) in [6.07, 6.45) is 0.148. The number of aryl methyl sites for hydroxylation is 1. The fourth-order valence-corrected chi connectivity index (χ4v) is 3.26. The molecule has 9 heteroatoms. The first-order valence-electron chi connectivity index (χ1n) is 9.27. The van der Waals surface area contributed by atoms with Crippen LogP contribution < -0.4 is 19.7 Å². The van der Waals surface area contributed by atoms with E-state index < -0.39 is 23.9 Å². The van der Waals surface area contributed by atoms with Crippen LogP contribution in [0.3, 0.4) is 0 Å². The molecule has 1 saturated heterocycles. The summed E-state index contributed by atoms with van der Waals surface area (Å²) in [7, 11) is 1.40. The van der Waals surface area contributed by atoms with Crippen LogP contribution in [0.4, 0.5) is 5.69 Å². The molecule has 0 bridgehead atoms. The minimum Gasteiger partial charge on any atom is -0.493 e. The van der Waals surface area contributed by atoms with Crippen LogP contribution in [-0.4, -0.2) is 41.2 Å². The summed E-state index contributed by atoms with van der Waals surface area (Å²) in [5.41, 5.74) is 1.56. The van der Waals surface area contributed by atoms with Crippen LogP contribution in [-0.2, 0) is 14.4 Å². The maximum absolute atomic E-state index is 13.2. The van der Waals surface area contributed by atoms with E-state index in [1.807, 2.05) is 13.0 Å². The van der Waals surface area contributed by atoms with Crippen LogP contribution in [0.15, 0.2) is 48.0 Å². The Morgan fingerprint density at radius 3 is 2.58 bits per heavy atom. The number of rotatable bonds is 6. The molecule has 2 aromatic rings. The van der Waals surface area contributed by atoms with Gasteiger partial charge in [-0.1, -0.05) is 24.3 Å². The molecule has 31 heavy (non-hydrogen) atoms. The minimum absolute atomic E-state index is 0.0284. The number of carboxylic acid groups (broad SMARTS) is 1. The Morgan fingerprint density at radius 2 is 1.94 bits per heavy atom. The molecule has 1 aliphatic rings. The highest BCUT2D eigenvalue weighted by molar-refractivity contribution is 7.80. The Hall–Kier alpha value is -3.72. The van der Waals surface area contributed by atoms with Gasteiger partial charge in [0.1, 0.15) is 5.57 Å². The van der Waals surface area contributed by atoms with Gasteiger partial charge in [-0.2, -0.15) is 0 Å². The van der Waals surface area contributed by atoms with Gasteiger partial charge < -0.3 is 14.6 Å². The van der Waals surface area contributed by atoms with Gasteiger partial charge in [0.2, 0.25) is 0 Å². The molecule has 2 N–H and O–H groups in total. The fraction of sp³-hybridized carbons (Fsp3) is 0.182. The van der Waals surface area contributed by atoms with Crippen molar-refractivity contribution in [2.45, 2.75) is 20.0 Å². The summed E-state index contributed by atoms with van der Waals surface area (Å²) in [5.74, 6) is -2.09. The number of para-hydroxylation sites is 1. The molecular formula is C22H20N2O6S. The molecule has 0 saturated carbocycles. The number of hydrogen-bond acceptors (Lipinski definition) is 6. The molecule has 1 heterocycles. The van der Waals surface area contributed by atoms with Crippen molar-refractivity contribution >= 4 is 46.9 Å². The number of amides is 2. The zero-order chi connectivity index (χ0) is 22.7. The van der Waals surface area contributed by atoms with Crippen molar-refractivity contribution in [2.24, 2.45) is 0 Å². The summed E-state index contributed by atoms with van der Waals surface area (Å²) >= 11 is 5.21. The van der Waals surface area contributed by atoms with Gasteiger partial charge in [0, 0.05) is 5.56 Å². The van der Waals surface area contributed by atoms with Crippen molar-refractivity contribution in [1.82, 2.24) is 5.32 Å². The van der Waals surface area contributed by atoms with E-state index in [4.69, 9.17) is 21.7 Å². The highest BCUT2D eigenvalue weighted by Crippen LogP contribution is 2.34. The topological polar surface area (TPSA) is 105 Å². The number of methoxy groups -OCH3 is 1. The first-order chi connectivity index (χ1) is 14.7. The van der Waals surface area contributed by atoms with Crippen LogP contribution in [0.25, 0.3) is 6.08 Å². The van der Waals surface area contributed by atoms with Crippen molar-refractivity contribution in [1.29, 1.82) is 0 Å². The van der Waals surface area contributed by atoms with Crippen molar-refractivity contribution < 1.29 is 29.0 Å². The highest BCUT2D eigenvalue weighted by Gasteiger charge is 2.35. The van der Waals surface area contributed by atoms with Crippen molar-refractivity contribution in [3.63, 3.8) is 0 Å². The van der Waals surface area contributed by atoms with Crippen LogP contribution >= 0.6 is 12.2 Å². The number of carbonyl (C=O) groups excluding carboxylic acids is 2. The number of nitrogens with one attached hydrogen (secondary N) is 1. The van der Waals surface area contributed by atoms with E-state index in [9.17, 15) is 19.5 Å². The van der Waals surface area contributed by atoms with Gasteiger partial charge in [-0.05, 0) is 55.9 Å². The zero-order valence-electron chi connectivity index (χ0n) is 17.0. The average molecular weight is 440 g/mol. The lowest BCUT2D eigenvalue weighted by molar-refractivity contribution is -0.144. The van der Waals surface area contributed by atoms with Crippen molar-refractivity contribution in [3.05, 3.63) is 59.2 Å². The Morgan fingerprint density at radius 1 is 1.23 bits per heavy atom. The third-order valence-electron chi connectivity index (χ3n) is 4.53. The van der Waals surface area contributed by atoms with Crippen LogP contribution in [0.2, 0.25) is 0 Å². The monoisotopic (exact) mass is 440 g/mol. The van der Waals surface area contributed by atoms with E-state index in [1.54, 1.807) is 36.4 Å². The minimum atomic E-state index is -1.18. The van der Waals surface area contributed by atoms with Crippen LogP contribution in [0.1, 0.15) is 18.1 Å². The molecule has 8 nitrogen and oxygen atoms in total. The maximum Gasteiger partial charge on any atom is 0.344 e. The Kier molecular flexibility index (Phi) is 6.36. The summed E-state index contributed by atoms with van der Waals surface area (Å²) in [5, 5.41) is 11.7. The van der Waals surface area contributed by atoms with Gasteiger partial charge in [0.25, 0.3) is 11.8 Å². The second kappa shape index (κ2) is 8.97. The lowest BCUT2D eigenvalue weighted by Crippen LogP contribution is -2.54. The first-order valence-corrected chi connectivity index (χ1v) is 9.68. The second-order valence-electron chi connectivity index (χ2n) is 6.77. The van der Waals surface area contributed by atoms with E-state index in [1.165, 1.54) is 25.0 Å². The molecular weight excluding hydrogens is 420 g/mol. The molecule has 160 valence electrons. The number of anilines is 1. The van der Waals surface area contributed by atoms with Gasteiger partial charge >= 0.3 is 5.97 Å². The van der Waals surface area contributed by atoms with Gasteiger partial charge in [0.15, 0.2) is 22.7 Å². The molecule has 0 radical (unpaired) electrons. The van der Waals surface area contributed by atoms with Gasteiger partial charge in [0.05, 0.1) is 12.8 Å². The van der Waals surface area contributed by atoms with E-state index in [0.717, 1.165) is 5.56 Å². The van der Waals surface area contributed by atoms with Crippen molar-refractivity contribution in [3.8, 4) is 11.5 Å². The molecule has 2 aromatic carbocycles. The number of aliphatic carboxylic acids is 1. The molecule has 0 aliphatic carbocycles. The molecule has 1 fully saturated rings. The van der Waals surface area contributed by atoms with E-state index in [0.29, 0.717) is 11.3 Å². The molecule has 0 unspecified atom stereocenters. The number of benzene rings is 2. The molecule has 1 aliphatic heterocycles. The molecule has 1 atom stereocenters. The largest absolute Gasteiger partial charge is 0.493 e. The number of nitrogens with zero attached hydrogens (tertiary/aromatic N) is 1. The van der Waals surface area contributed by atoms with E-state index in [2.05, 4.69) is 5.32 Å². The van der Waals surface area contributed by atoms with Crippen molar-refractivity contribution in [2.75, 3.05) is 12.0 Å². The Labute approximate surface area is 184 Å². The fourth-order valence-electron chi connectivity index (χ4n) is 2.98. The number of ether oxygens (including phenoxy) is 2. The highest BCUT2D eigenvalue weighted by atomic mass is 32.1. The maximum atomic E-state index is 13.2. The zero-order valence-corrected chi connectivity index (χ0v) is 17.9.